The van der Waals surface area contributed by atoms with Gasteiger partial charge < -0.3 is 5.32 Å². The monoisotopic (exact) mass is 508 g/mol. The van der Waals surface area contributed by atoms with Crippen molar-refractivity contribution in [1.82, 2.24) is 19.7 Å². The van der Waals surface area contributed by atoms with Crippen LogP contribution in [0.2, 0.25) is 0 Å². The van der Waals surface area contributed by atoms with E-state index in [1.807, 2.05) is 0 Å². The molecule has 0 saturated heterocycles. The van der Waals surface area contributed by atoms with Crippen LogP contribution >= 0.6 is 0 Å². The molecule has 0 bridgehead atoms. The Morgan fingerprint density at radius 3 is 2.29 bits per heavy atom. The Labute approximate surface area is 199 Å². The van der Waals surface area contributed by atoms with Gasteiger partial charge in [0.1, 0.15) is 0 Å². The quantitative estimate of drug-likeness (QED) is 0.475. The third-order valence-corrected chi connectivity index (χ3v) is 6.65. The van der Waals surface area contributed by atoms with E-state index in [1.54, 1.807) is 19.9 Å². The zero-order chi connectivity index (χ0) is 25.4. The summed E-state index contributed by atoms with van der Waals surface area (Å²) < 4.78 is 67.8. The van der Waals surface area contributed by atoms with Crippen LogP contribution in [0.5, 0.6) is 0 Å². The van der Waals surface area contributed by atoms with Crippen LogP contribution in [-0.4, -0.2) is 34.1 Å². The Morgan fingerprint density at radius 2 is 1.71 bits per heavy atom. The summed E-state index contributed by atoms with van der Waals surface area (Å²) in [5.74, 6) is -0.440. The van der Waals surface area contributed by atoms with Crippen molar-refractivity contribution < 1.29 is 26.4 Å². The van der Waals surface area contributed by atoms with Crippen LogP contribution < -0.4 is 10.0 Å². The summed E-state index contributed by atoms with van der Waals surface area (Å²) in [5.41, 5.74) is 1.09. The molecule has 2 N–H and O–H groups in total. The first-order chi connectivity index (χ1) is 16.4. The fourth-order valence-corrected chi connectivity index (χ4v) is 4.50. The van der Waals surface area contributed by atoms with Gasteiger partial charge in [-0.2, -0.15) is 18.3 Å². The standard InChI is InChI=1S/C22H23F3N6O3S/c1-13-11-14(2)27-21(26-13)30-35(33,34)17-7-5-16(6-8-17)28-20(32)9-10-31-18(15-3-4-15)12-19(29-31)22(23,24)25/h5-8,11-12,15H,3-4,9-10H2,1-2H3,(H,28,32)(H,26,27,30). The number of benzene rings is 1. The van der Waals surface area contributed by atoms with Gasteiger partial charge in [-0.3, -0.25) is 9.48 Å². The number of nitrogens with one attached hydrogen (secondary N) is 2. The highest BCUT2D eigenvalue weighted by molar-refractivity contribution is 7.92. The van der Waals surface area contributed by atoms with E-state index >= 15 is 0 Å². The van der Waals surface area contributed by atoms with Crippen molar-refractivity contribution in [3.05, 3.63) is 59.2 Å². The lowest BCUT2D eigenvalue weighted by atomic mass is 10.2. The number of carbonyl (C=O) groups excluding carboxylic acids is 1. The second kappa shape index (κ2) is 9.29. The van der Waals surface area contributed by atoms with Gasteiger partial charge in [0.15, 0.2) is 5.69 Å². The predicted octanol–water partition coefficient (Wildman–Crippen LogP) is 4.02. The summed E-state index contributed by atoms with van der Waals surface area (Å²) >= 11 is 0. The number of hydrogen-bond acceptors (Lipinski definition) is 6. The Hall–Kier alpha value is -3.48. The summed E-state index contributed by atoms with van der Waals surface area (Å²) in [5, 5.41) is 6.25. The summed E-state index contributed by atoms with van der Waals surface area (Å²) in [4.78, 5) is 20.4. The first kappa shape index (κ1) is 24.6. The van der Waals surface area contributed by atoms with Gasteiger partial charge in [0.25, 0.3) is 10.0 Å². The van der Waals surface area contributed by atoms with Crippen molar-refractivity contribution in [2.45, 2.75) is 56.6 Å². The molecule has 0 spiro atoms. The van der Waals surface area contributed by atoms with E-state index in [0.29, 0.717) is 22.8 Å². The number of rotatable bonds is 8. The van der Waals surface area contributed by atoms with Crippen LogP contribution in [0.1, 0.15) is 48.0 Å². The van der Waals surface area contributed by atoms with Gasteiger partial charge >= 0.3 is 6.18 Å². The lowest BCUT2D eigenvalue weighted by Gasteiger charge is -2.10. The van der Waals surface area contributed by atoms with E-state index in [-0.39, 0.29) is 29.7 Å². The van der Waals surface area contributed by atoms with Gasteiger partial charge in [-0.15, -0.1) is 0 Å². The second-order valence-corrected chi connectivity index (χ2v) is 10.0. The van der Waals surface area contributed by atoms with Crippen LogP contribution in [-0.2, 0) is 27.5 Å². The van der Waals surface area contributed by atoms with Crippen LogP contribution in [0.25, 0.3) is 0 Å². The molecule has 0 unspecified atom stereocenters. The van der Waals surface area contributed by atoms with Crippen molar-refractivity contribution in [3.63, 3.8) is 0 Å². The second-order valence-electron chi connectivity index (χ2n) is 8.35. The number of aryl methyl sites for hydroxylation is 3. The molecule has 0 atom stereocenters. The predicted molar refractivity (Wildman–Crippen MR) is 121 cm³/mol. The zero-order valence-electron chi connectivity index (χ0n) is 18.9. The molecule has 2 aromatic heterocycles. The topological polar surface area (TPSA) is 119 Å². The fraction of sp³-hybridized carbons (Fsp3) is 0.364. The maximum absolute atomic E-state index is 13.0. The number of hydrogen-bond donors (Lipinski definition) is 2. The van der Waals surface area contributed by atoms with E-state index in [2.05, 4.69) is 25.1 Å². The molecule has 1 fully saturated rings. The molecule has 13 heteroatoms. The molecule has 1 aliphatic rings. The van der Waals surface area contributed by atoms with Crippen LogP contribution in [0.3, 0.4) is 0 Å². The lowest BCUT2D eigenvalue weighted by Crippen LogP contribution is -2.17. The highest BCUT2D eigenvalue weighted by atomic mass is 32.2. The molecular weight excluding hydrogens is 485 g/mol. The maximum atomic E-state index is 13.0. The molecule has 0 radical (unpaired) electrons. The number of sulfonamides is 1. The Kier molecular flexibility index (Phi) is 6.54. The van der Waals surface area contributed by atoms with E-state index in [0.717, 1.165) is 18.9 Å². The van der Waals surface area contributed by atoms with Crippen LogP contribution in [0, 0.1) is 13.8 Å². The smallest absolute Gasteiger partial charge is 0.326 e. The van der Waals surface area contributed by atoms with Crippen molar-refractivity contribution in [2.75, 3.05) is 10.0 Å². The summed E-state index contributed by atoms with van der Waals surface area (Å²) in [6.45, 7) is 3.44. The van der Waals surface area contributed by atoms with E-state index in [9.17, 15) is 26.4 Å². The maximum Gasteiger partial charge on any atom is 0.435 e. The van der Waals surface area contributed by atoms with Gasteiger partial charge in [-0.05, 0) is 63.1 Å². The highest BCUT2D eigenvalue weighted by Gasteiger charge is 2.37. The van der Waals surface area contributed by atoms with Gasteiger partial charge in [0.2, 0.25) is 11.9 Å². The molecule has 1 aliphatic carbocycles. The molecule has 3 aromatic rings. The molecular formula is C22H23F3N6O3S. The molecule has 186 valence electrons. The van der Waals surface area contributed by atoms with Gasteiger partial charge in [0, 0.05) is 41.7 Å². The van der Waals surface area contributed by atoms with Gasteiger partial charge in [0.05, 0.1) is 4.90 Å². The van der Waals surface area contributed by atoms with Crippen molar-refractivity contribution in [3.8, 4) is 0 Å². The Balaban J connectivity index is 1.37. The SMILES string of the molecule is Cc1cc(C)nc(NS(=O)(=O)c2ccc(NC(=O)CCn3nc(C(F)(F)F)cc3C3CC3)cc2)n1. The van der Waals surface area contributed by atoms with Crippen molar-refractivity contribution in [1.29, 1.82) is 0 Å². The number of alkyl halides is 3. The van der Waals surface area contributed by atoms with Gasteiger partial charge in [-0.25, -0.2) is 23.1 Å². The van der Waals surface area contributed by atoms with E-state index in [4.69, 9.17) is 0 Å². The zero-order valence-corrected chi connectivity index (χ0v) is 19.7. The summed E-state index contributed by atoms with van der Waals surface area (Å²) in [7, 11) is -3.95. The van der Waals surface area contributed by atoms with Crippen molar-refractivity contribution in [2.24, 2.45) is 0 Å². The normalized spacial score (nSPS) is 14.1. The minimum Gasteiger partial charge on any atom is -0.326 e. The first-order valence-electron chi connectivity index (χ1n) is 10.8. The lowest BCUT2D eigenvalue weighted by molar-refractivity contribution is -0.141. The average Bonchev–Trinajstić information content (AvgIpc) is 3.49. The van der Waals surface area contributed by atoms with Crippen molar-refractivity contribution >= 4 is 27.6 Å². The largest absolute Gasteiger partial charge is 0.435 e. The molecule has 1 aromatic carbocycles. The number of carbonyl (C=O) groups is 1. The van der Waals surface area contributed by atoms with Gasteiger partial charge in [-0.1, -0.05) is 0 Å². The molecule has 2 heterocycles. The van der Waals surface area contributed by atoms with Crippen LogP contribution in [0.15, 0.2) is 41.3 Å². The third kappa shape index (κ3) is 6.15. The van der Waals surface area contributed by atoms with E-state index in [1.165, 1.54) is 28.9 Å². The molecule has 35 heavy (non-hydrogen) atoms. The number of halogens is 3. The molecule has 9 nitrogen and oxygen atoms in total. The molecule has 0 aliphatic heterocycles. The Bertz CT molecular complexity index is 1330. The number of anilines is 2. The highest BCUT2D eigenvalue weighted by Crippen LogP contribution is 2.42. The summed E-state index contributed by atoms with van der Waals surface area (Å²) in [6, 6.07) is 8.22. The summed E-state index contributed by atoms with van der Waals surface area (Å²) in [6.07, 6.45) is -3.04. The minimum atomic E-state index is -4.54. The Morgan fingerprint density at radius 1 is 1.09 bits per heavy atom. The molecule has 1 amide bonds. The fourth-order valence-electron chi connectivity index (χ4n) is 3.56. The third-order valence-electron chi connectivity index (χ3n) is 5.30. The number of amides is 1. The number of nitrogens with zero attached hydrogens (tertiary/aromatic N) is 4. The number of aromatic nitrogens is 4. The van der Waals surface area contributed by atoms with Crippen LogP contribution in [0.4, 0.5) is 24.8 Å². The minimum absolute atomic E-state index is 0.0000383. The molecule has 1 saturated carbocycles. The average molecular weight is 509 g/mol. The first-order valence-corrected chi connectivity index (χ1v) is 12.3. The molecule has 4 rings (SSSR count). The van der Waals surface area contributed by atoms with E-state index < -0.39 is 27.8 Å².